The number of aromatic nitrogens is 2. The number of imidazole rings is 1. The second-order valence-electron chi connectivity index (χ2n) is 15.7. The first-order valence-corrected chi connectivity index (χ1v) is 163. The molecule has 0 atom stereocenters. The van der Waals surface area contributed by atoms with E-state index in [-0.39, 0.29) is 18.3 Å². The molecule has 0 spiro atoms. The van der Waals surface area contributed by atoms with Gasteiger partial charge in [0.1, 0.15) is 5.82 Å². The Kier molecular flexibility index (Phi) is 126. The topological polar surface area (TPSA) is 36.3 Å². The zero-order valence-corrected chi connectivity index (χ0v) is 144. The van der Waals surface area contributed by atoms with Crippen LogP contribution in [0.2, 0.25) is 0 Å². The molecule has 1 fully saturated rings. The highest BCUT2D eigenvalue weighted by molar-refractivity contribution is 8.88. The number of hydrogen-bond donors (Lipinski definition) is 0. The van der Waals surface area contributed by atoms with Gasteiger partial charge in [-0.25, -0.2) is 4.98 Å². The van der Waals surface area contributed by atoms with E-state index >= 15 is 0 Å². The van der Waals surface area contributed by atoms with E-state index in [1.807, 2.05) is 803 Å². The minimum Gasteiger partial charge on any atom is -0.399 e. The third kappa shape index (κ3) is 92.6. The lowest BCUT2D eigenvalue weighted by Gasteiger charge is -2.32. The molecule has 0 amide bonds. The fraction of sp³-hybridized carbons (Fsp3) is 0.240. The van der Waals surface area contributed by atoms with Crippen molar-refractivity contribution in [3.05, 3.63) is 78.9 Å². The number of hydrogen-bond acceptors (Lipinski definition) is 5. The minimum atomic E-state index is -0.364. The molecule has 0 radical (unpaired) electrons. The fourth-order valence-corrected chi connectivity index (χ4v) is 277. The lowest BCUT2D eigenvalue weighted by Crippen LogP contribution is -2.41. The lowest BCUT2D eigenvalue weighted by atomic mass is 9.79. The summed E-state index contributed by atoms with van der Waals surface area (Å²) in [7, 11) is 182. The van der Waals surface area contributed by atoms with Crippen LogP contribution in [0.3, 0.4) is 0 Å². The van der Waals surface area contributed by atoms with Crippen LogP contribution in [0.25, 0.3) is 28.1 Å². The highest BCUT2D eigenvalue weighted by Gasteiger charge is 2.51. The Labute approximate surface area is 1070 Å². The minimum absolute atomic E-state index is 0.350. The van der Waals surface area contributed by atoms with E-state index in [0.717, 1.165) is 33.6 Å². The van der Waals surface area contributed by atoms with Crippen molar-refractivity contribution >= 4 is 943 Å². The molecule has 108 heteroatoms. The van der Waals surface area contributed by atoms with Gasteiger partial charge < -0.3 is 9.31 Å². The van der Waals surface area contributed by atoms with Crippen molar-refractivity contribution in [3.63, 3.8) is 0 Å². The van der Waals surface area contributed by atoms with Gasteiger partial charge in [0, 0.05) is 931 Å². The van der Waals surface area contributed by atoms with Gasteiger partial charge >= 0.3 is 7.12 Å². The van der Waals surface area contributed by atoms with Crippen molar-refractivity contribution in [3.8, 4) is 17.1 Å². The molecule has 0 N–H and O–H groups in total. The summed E-state index contributed by atoms with van der Waals surface area (Å²) < 4.78 is 14.6. The van der Waals surface area contributed by atoms with Gasteiger partial charge in [-0.3, -0.25) is 4.57 Å². The maximum atomic E-state index is 6.20. The number of nitrogens with zero attached hydrogens (tertiary/aromatic N) is 2. The molecular formula is C25H25BN2O2S103. The molecule has 0 bridgehead atoms. The smallest absolute Gasteiger partial charge is 0.399 e. The third-order valence-corrected chi connectivity index (χ3v) is 231. The normalized spacial score (nSPS) is 10.1. The predicted octanol–water partition coefficient (Wildman–Crippen LogP) is 4.74. The van der Waals surface area contributed by atoms with E-state index in [1.165, 1.54) is 17.8 Å². The molecule has 0 aliphatic carbocycles. The molecule has 3 aromatic carbocycles. The Morgan fingerprint density at radius 2 is 0.361 bits per heavy atom. The van der Waals surface area contributed by atoms with E-state index in [1.54, 1.807) is 107 Å². The molecule has 4 nitrogen and oxygen atoms in total. The van der Waals surface area contributed by atoms with Gasteiger partial charge in [-0.2, -0.15) is 0 Å². The maximum absolute atomic E-state index is 6.20. The molecule has 0 unspecified atom stereocenters. The Hall–Kier alpha value is 19.8. The van der Waals surface area contributed by atoms with E-state index < -0.39 is 0 Å². The Morgan fingerprint density at radius 3 is 0.534 bits per heavy atom. The number of fused-ring (bicyclic) bond motifs is 1. The van der Waals surface area contributed by atoms with Crippen LogP contribution in [-0.2, 0) is 929 Å². The third-order valence-electron chi connectivity index (χ3n) is 9.05. The van der Waals surface area contributed by atoms with Crippen molar-refractivity contribution in [2.45, 2.75) is 38.9 Å². The molecule has 0 saturated carbocycles. The summed E-state index contributed by atoms with van der Waals surface area (Å²) >= 11 is 9.66. The van der Waals surface area contributed by atoms with Gasteiger partial charge in [0.05, 0.1) is 22.2 Å². The van der Waals surface area contributed by atoms with Crippen LogP contribution in [0.15, 0.2) is 78.9 Å². The zero-order valence-electron chi connectivity index (χ0n) is 59.8. The van der Waals surface area contributed by atoms with Crippen LogP contribution in [-0.4, -0.2) is 27.9 Å². The van der Waals surface area contributed by atoms with Crippen LogP contribution in [0, 0.1) is 0 Å². The van der Waals surface area contributed by atoms with E-state index in [2.05, 4.69) is 80.8 Å². The maximum Gasteiger partial charge on any atom is 0.494 e. The van der Waals surface area contributed by atoms with Gasteiger partial charge in [0.15, 0.2) is 0 Å². The average molecular weight is 3700 g/mol. The zero-order chi connectivity index (χ0) is 94.4. The summed E-state index contributed by atoms with van der Waals surface area (Å²) in [5.74, 6) is 0.931. The first-order chi connectivity index (χ1) is 65.8. The molecular weight excluding hydrogens is 3670 g/mol. The monoisotopic (exact) mass is 3690 g/mol. The summed E-state index contributed by atoms with van der Waals surface area (Å²) in [6, 6.07) is 26.9. The standard InChI is InChI=1S/C25H25BN2O2.S103/c1-24(2)25(3,4)30-26(29-24)19-14-16-20(17-15-19)28-22-13-9-8-12-21(22)27-23(28)18-10-6-5-7-11-18;1-3-5-7-9-11-13-15-17-19-21-23-25-27-29-31-33-35-37-39-41-43-45-47-49-51-53-55-57-59-61-63-65-67-69-71-73-75-77-79-81-83-85-87-89-91-93-95-97-99-101-103-102-100-98-96-94-92-90-88-86-84-82-80-78-76-74-72-70-68-66-64-62-60-58-56-54-52-50-48-46-44-42-40-38-36-34-32-30-28-26-24-22-20-18-16-14-12-10-8-6-4-2/h5-17H,1-4H3;. The highest BCUT2D eigenvalue weighted by atomic mass is 33.6. The summed E-state index contributed by atoms with van der Waals surface area (Å²) in [5.41, 5.74) is 4.52. The summed E-state index contributed by atoms with van der Waals surface area (Å²) in [5, 5.41) is 0. The van der Waals surface area contributed by atoms with Gasteiger partial charge in [-0.1, -0.05) is 54.6 Å². The molecule has 1 saturated heterocycles. The molecule has 2 heterocycles. The SMILES string of the molecule is CC1(C)OB(c2ccc(-n3c(-c4ccccc4)nc4ccccc43)cc2)OC1(C)C.S=S=S=S=S=S=S=S=S=S=S=S=S=S=S=S=S=S=S=S=S=S=S=S=S=S=S=S=S=S=S=S=S=S=S=S=S=S=S=S=S=S=S=S=S=S=S=S=S=S=S=S=S=S=S=S=S=S=S=S=S=S=S=S=S=S=S=S=S=S=S=S=S=S=S=S=S=S=S=S=S=S=S=S=S=S=S=S=S=S=S=S=S=S=S=S=S=S=S=S=S=S=S. The van der Waals surface area contributed by atoms with Gasteiger partial charge in [-0.15, -0.1) is 0 Å². The summed E-state index contributed by atoms with van der Waals surface area (Å²) in [6.45, 7) is 8.30. The average Bonchev–Trinajstić information content (AvgIpc) is 1.62. The summed E-state index contributed by atoms with van der Waals surface area (Å²) in [4.78, 5) is 4.91. The van der Waals surface area contributed by atoms with E-state index in [0.29, 0.717) is 0 Å². The first-order valence-electron chi connectivity index (χ1n) is 27.3. The van der Waals surface area contributed by atoms with Crippen molar-refractivity contribution in [2.24, 2.45) is 0 Å². The largest absolute Gasteiger partial charge is 0.494 e. The van der Waals surface area contributed by atoms with Crippen LogP contribution in [0.5, 0.6) is 0 Å². The molecule has 768 valence electrons. The number of para-hydroxylation sites is 2. The molecule has 4 aromatic rings. The predicted molar refractivity (Wildman–Crippen MR) is 881 cm³/mol. The van der Waals surface area contributed by atoms with Crippen LogP contribution in [0.1, 0.15) is 27.7 Å². The van der Waals surface area contributed by atoms with E-state index in [9.17, 15) is 0 Å². The van der Waals surface area contributed by atoms with E-state index in [4.69, 9.17) is 36.7 Å². The second kappa shape index (κ2) is 116. The molecule has 5 rings (SSSR count). The lowest BCUT2D eigenvalue weighted by molar-refractivity contribution is 0.00578. The Balaban J connectivity index is 0.00000101. The molecule has 1 aliphatic heterocycles. The van der Waals surface area contributed by atoms with Crippen molar-refractivity contribution in [1.82, 2.24) is 9.55 Å². The van der Waals surface area contributed by atoms with Crippen molar-refractivity contribution in [2.75, 3.05) is 0 Å². The highest BCUT2D eigenvalue weighted by Crippen LogP contribution is 2.37. The molecule has 1 aromatic heterocycles. The molecule has 133 heavy (non-hydrogen) atoms. The fourth-order valence-electron chi connectivity index (χ4n) is 4.95. The van der Waals surface area contributed by atoms with Crippen molar-refractivity contribution in [1.29, 1.82) is 0 Å². The van der Waals surface area contributed by atoms with Crippen LogP contribution >= 0.6 is 0 Å². The summed E-state index contributed by atoms with van der Waals surface area (Å²) in [6.07, 6.45) is 0. The van der Waals surface area contributed by atoms with Crippen LogP contribution < -0.4 is 5.46 Å². The van der Waals surface area contributed by atoms with Gasteiger partial charge in [0.2, 0.25) is 0 Å². The van der Waals surface area contributed by atoms with Gasteiger partial charge in [0.25, 0.3) is 0 Å². The molecule has 1 aliphatic rings. The van der Waals surface area contributed by atoms with Crippen molar-refractivity contribution < 1.29 is 9.31 Å². The Morgan fingerprint density at radius 1 is 0.203 bits per heavy atom. The number of rotatable bonds is 3. The quantitative estimate of drug-likeness (QED) is 0.278. The number of benzene rings is 3. The van der Waals surface area contributed by atoms with Gasteiger partial charge in [-0.05, 0) is 57.4 Å². The second-order valence-corrected chi connectivity index (χ2v) is 194. The first kappa shape index (κ1) is 145. The Bertz CT molecular complexity index is 9810. The van der Waals surface area contributed by atoms with Crippen LogP contribution in [0.4, 0.5) is 0 Å².